The second kappa shape index (κ2) is 8.37. The number of anilines is 1. The first-order chi connectivity index (χ1) is 13.4. The molecule has 1 N–H and O–H groups in total. The van der Waals surface area contributed by atoms with Crippen LogP contribution in [0.5, 0.6) is 0 Å². The third-order valence-electron chi connectivity index (χ3n) is 5.11. The van der Waals surface area contributed by atoms with Gasteiger partial charge in [-0.15, -0.1) is 0 Å². The number of hydrogen-bond acceptors (Lipinski definition) is 5. The number of amides is 3. The van der Waals surface area contributed by atoms with Gasteiger partial charge in [-0.3, -0.25) is 24.1 Å². The SMILES string of the molecule is CC(C)c1ccccc1NC(=O)COC(=O)CN1C(=O)[C@H]2CC=CC[C@H]2C1=O. The van der Waals surface area contributed by atoms with Gasteiger partial charge in [0, 0.05) is 5.69 Å². The molecule has 1 aliphatic heterocycles. The molecule has 0 radical (unpaired) electrons. The molecule has 3 amide bonds. The van der Waals surface area contributed by atoms with Crippen LogP contribution in [0.1, 0.15) is 38.2 Å². The van der Waals surface area contributed by atoms with Crippen LogP contribution in [0.4, 0.5) is 5.69 Å². The predicted octanol–water partition coefficient (Wildman–Crippen LogP) is 2.24. The van der Waals surface area contributed by atoms with E-state index in [1.807, 2.05) is 44.2 Å². The molecule has 1 aliphatic carbocycles. The number of rotatable bonds is 6. The van der Waals surface area contributed by atoms with Crippen LogP contribution in [0, 0.1) is 11.8 Å². The zero-order valence-electron chi connectivity index (χ0n) is 16.0. The summed E-state index contributed by atoms with van der Waals surface area (Å²) in [7, 11) is 0. The Bertz CT molecular complexity index is 804. The normalized spacial score (nSPS) is 21.0. The number of nitrogens with zero attached hydrogens (tertiary/aromatic N) is 1. The van der Waals surface area contributed by atoms with E-state index in [4.69, 9.17) is 4.74 Å². The molecular weight excluding hydrogens is 360 g/mol. The lowest BCUT2D eigenvalue weighted by atomic mass is 9.85. The van der Waals surface area contributed by atoms with Gasteiger partial charge in [0.15, 0.2) is 6.61 Å². The second-order valence-electron chi connectivity index (χ2n) is 7.37. The molecule has 28 heavy (non-hydrogen) atoms. The van der Waals surface area contributed by atoms with Gasteiger partial charge in [0.2, 0.25) is 11.8 Å². The maximum atomic E-state index is 12.4. The van der Waals surface area contributed by atoms with Crippen LogP contribution in [0.25, 0.3) is 0 Å². The average molecular weight is 384 g/mol. The number of carbonyl (C=O) groups is 4. The van der Waals surface area contributed by atoms with Crippen LogP contribution in [-0.4, -0.2) is 41.7 Å². The van der Waals surface area contributed by atoms with Crippen LogP contribution in [0.2, 0.25) is 0 Å². The number of esters is 1. The first-order valence-electron chi connectivity index (χ1n) is 9.43. The summed E-state index contributed by atoms with van der Waals surface area (Å²) in [6.07, 6.45) is 4.79. The van der Waals surface area contributed by atoms with E-state index < -0.39 is 25.0 Å². The van der Waals surface area contributed by atoms with E-state index >= 15 is 0 Å². The molecule has 1 heterocycles. The molecular formula is C21H24N2O5. The van der Waals surface area contributed by atoms with Crippen molar-refractivity contribution in [3.63, 3.8) is 0 Å². The van der Waals surface area contributed by atoms with E-state index in [0.717, 1.165) is 10.5 Å². The van der Waals surface area contributed by atoms with E-state index in [0.29, 0.717) is 18.5 Å². The summed E-state index contributed by atoms with van der Waals surface area (Å²) in [5, 5.41) is 2.73. The van der Waals surface area contributed by atoms with Crippen molar-refractivity contribution in [3.05, 3.63) is 42.0 Å². The molecule has 7 heteroatoms. The molecule has 0 saturated carbocycles. The Balaban J connectivity index is 1.51. The highest BCUT2D eigenvalue weighted by atomic mass is 16.5. The number of benzene rings is 1. The molecule has 1 aromatic carbocycles. The van der Waals surface area contributed by atoms with E-state index in [-0.39, 0.29) is 29.6 Å². The lowest BCUT2D eigenvalue weighted by molar-refractivity contribution is -0.154. The highest BCUT2D eigenvalue weighted by molar-refractivity contribution is 6.07. The predicted molar refractivity (Wildman–Crippen MR) is 102 cm³/mol. The molecule has 3 rings (SSSR count). The number of nitrogens with one attached hydrogen (secondary N) is 1. The summed E-state index contributed by atoms with van der Waals surface area (Å²) in [4.78, 5) is 49.8. The van der Waals surface area contributed by atoms with Gasteiger partial charge in [-0.25, -0.2) is 0 Å². The topological polar surface area (TPSA) is 92.8 Å². The largest absolute Gasteiger partial charge is 0.454 e. The average Bonchev–Trinajstić information content (AvgIpc) is 2.92. The lowest BCUT2D eigenvalue weighted by Crippen LogP contribution is -2.37. The van der Waals surface area contributed by atoms with Crippen LogP contribution in [0.3, 0.4) is 0 Å². The zero-order chi connectivity index (χ0) is 20.3. The maximum absolute atomic E-state index is 12.4. The number of para-hydroxylation sites is 1. The van der Waals surface area contributed by atoms with Crippen molar-refractivity contribution >= 4 is 29.4 Å². The quantitative estimate of drug-likeness (QED) is 0.461. The van der Waals surface area contributed by atoms with Crippen molar-refractivity contribution in [1.82, 2.24) is 4.90 Å². The smallest absolute Gasteiger partial charge is 0.326 e. The number of allylic oxidation sites excluding steroid dienone is 2. The standard InChI is InChI=1S/C21H24N2O5/c1-13(2)14-7-5-6-10-17(14)22-18(24)12-28-19(25)11-23-20(26)15-8-3-4-9-16(15)21(23)27/h3-7,10,13,15-16H,8-9,11-12H2,1-2H3,(H,22,24)/t15-,16+. The van der Waals surface area contributed by atoms with Crippen LogP contribution in [-0.2, 0) is 23.9 Å². The maximum Gasteiger partial charge on any atom is 0.326 e. The minimum Gasteiger partial charge on any atom is -0.454 e. The van der Waals surface area contributed by atoms with Crippen molar-refractivity contribution in [3.8, 4) is 0 Å². The molecule has 0 bridgehead atoms. The van der Waals surface area contributed by atoms with E-state index in [1.165, 1.54) is 0 Å². The van der Waals surface area contributed by atoms with E-state index in [9.17, 15) is 19.2 Å². The van der Waals surface area contributed by atoms with E-state index in [1.54, 1.807) is 6.07 Å². The minimum atomic E-state index is -0.777. The van der Waals surface area contributed by atoms with Crippen LogP contribution in [0.15, 0.2) is 36.4 Å². The molecule has 2 aliphatic rings. The molecule has 0 spiro atoms. The number of carbonyl (C=O) groups excluding carboxylic acids is 4. The Morgan fingerprint density at radius 2 is 1.71 bits per heavy atom. The van der Waals surface area contributed by atoms with Gasteiger partial charge in [-0.05, 0) is 30.4 Å². The Kier molecular flexibility index (Phi) is 5.92. The van der Waals surface area contributed by atoms with Gasteiger partial charge < -0.3 is 10.1 Å². The van der Waals surface area contributed by atoms with Crippen molar-refractivity contribution < 1.29 is 23.9 Å². The molecule has 0 unspecified atom stereocenters. The molecule has 1 aromatic rings. The van der Waals surface area contributed by atoms with Gasteiger partial charge >= 0.3 is 5.97 Å². The Morgan fingerprint density at radius 3 is 2.32 bits per heavy atom. The van der Waals surface area contributed by atoms with Gasteiger partial charge in [0.25, 0.3) is 5.91 Å². The molecule has 1 fully saturated rings. The number of hydrogen-bond donors (Lipinski definition) is 1. The third kappa shape index (κ3) is 4.13. The third-order valence-corrected chi connectivity index (χ3v) is 5.11. The molecule has 0 aromatic heterocycles. The Labute approximate surface area is 163 Å². The number of likely N-dealkylation sites (tertiary alicyclic amines) is 1. The van der Waals surface area contributed by atoms with Crippen LogP contribution >= 0.6 is 0 Å². The number of fused-ring (bicyclic) bond motifs is 1. The summed E-state index contributed by atoms with van der Waals surface area (Å²) in [5.74, 6) is -2.48. The summed E-state index contributed by atoms with van der Waals surface area (Å²) < 4.78 is 4.98. The van der Waals surface area contributed by atoms with Crippen molar-refractivity contribution in [2.24, 2.45) is 11.8 Å². The Morgan fingerprint density at radius 1 is 1.11 bits per heavy atom. The first-order valence-corrected chi connectivity index (χ1v) is 9.43. The fourth-order valence-electron chi connectivity index (χ4n) is 3.65. The molecule has 2 atom stereocenters. The van der Waals surface area contributed by atoms with Gasteiger partial charge in [-0.2, -0.15) is 0 Å². The summed E-state index contributed by atoms with van der Waals surface area (Å²) in [5.41, 5.74) is 1.65. The van der Waals surface area contributed by atoms with Crippen molar-refractivity contribution in [1.29, 1.82) is 0 Å². The summed E-state index contributed by atoms with van der Waals surface area (Å²) in [6, 6.07) is 7.41. The van der Waals surface area contributed by atoms with Gasteiger partial charge in [0.1, 0.15) is 6.54 Å². The summed E-state index contributed by atoms with van der Waals surface area (Å²) >= 11 is 0. The fourth-order valence-corrected chi connectivity index (χ4v) is 3.65. The van der Waals surface area contributed by atoms with Crippen molar-refractivity contribution in [2.45, 2.75) is 32.6 Å². The number of ether oxygens (including phenoxy) is 1. The van der Waals surface area contributed by atoms with Gasteiger partial charge in [0.05, 0.1) is 11.8 Å². The number of imide groups is 1. The van der Waals surface area contributed by atoms with Crippen LogP contribution < -0.4 is 5.32 Å². The zero-order valence-corrected chi connectivity index (χ0v) is 16.0. The molecule has 7 nitrogen and oxygen atoms in total. The lowest BCUT2D eigenvalue weighted by Gasteiger charge is -2.15. The highest BCUT2D eigenvalue weighted by Gasteiger charge is 2.47. The first kappa shape index (κ1) is 19.8. The molecule has 148 valence electrons. The fraction of sp³-hybridized carbons (Fsp3) is 0.429. The monoisotopic (exact) mass is 384 g/mol. The van der Waals surface area contributed by atoms with Gasteiger partial charge in [-0.1, -0.05) is 44.2 Å². The summed E-state index contributed by atoms with van der Waals surface area (Å²) in [6.45, 7) is 3.10. The second-order valence-corrected chi connectivity index (χ2v) is 7.37. The minimum absolute atomic E-state index is 0.226. The highest BCUT2D eigenvalue weighted by Crippen LogP contribution is 2.34. The van der Waals surface area contributed by atoms with E-state index in [2.05, 4.69) is 5.32 Å². The molecule has 1 saturated heterocycles. The Hall–Kier alpha value is -2.96. The van der Waals surface area contributed by atoms with Crippen molar-refractivity contribution in [2.75, 3.05) is 18.5 Å².